The molecule has 0 aromatic heterocycles. The minimum Gasteiger partial charge on any atom is -0.381 e. The van der Waals surface area contributed by atoms with Gasteiger partial charge in [0.2, 0.25) is 0 Å². The molecule has 0 aliphatic carbocycles. The third kappa shape index (κ3) is 5.56. The molecule has 1 aliphatic rings. The number of carbonyl (C=O) groups excluding carboxylic acids is 2. The Kier molecular flexibility index (Phi) is 7.69. The molecule has 0 saturated heterocycles. The van der Waals surface area contributed by atoms with Crippen molar-refractivity contribution in [3.05, 3.63) is 71.4 Å². The number of halogens is 3. The number of carbonyl (C=O) groups is 2. The lowest BCUT2D eigenvalue weighted by Crippen LogP contribution is -2.34. The molecule has 1 heterocycles. The summed E-state index contributed by atoms with van der Waals surface area (Å²) in [5, 5.41) is 2.77. The quantitative estimate of drug-likeness (QED) is 0.407. The van der Waals surface area contributed by atoms with E-state index in [1.165, 1.54) is 12.1 Å². The predicted octanol–water partition coefficient (Wildman–Crippen LogP) is 5.10. The van der Waals surface area contributed by atoms with E-state index in [4.69, 9.17) is 4.74 Å². The van der Waals surface area contributed by atoms with Gasteiger partial charge in [0.15, 0.2) is 0 Å². The Morgan fingerprint density at radius 2 is 1.66 bits per heavy atom. The topological polar surface area (TPSA) is 58.6 Å². The van der Waals surface area contributed by atoms with E-state index in [1.807, 2.05) is 0 Å². The molecule has 8 heteroatoms. The molecule has 0 atom stereocenters. The SMILES string of the molecule is CCCCOCCCN1C(=O)C(Nc2cccc(C(F)(F)F)c2)=C(c2ccccc2)C1=O. The van der Waals surface area contributed by atoms with Gasteiger partial charge in [-0.25, -0.2) is 0 Å². The van der Waals surface area contributed by atoms with Gasteiger partial charge < -0.3 is 10.1 Å². The van der Waals surface area contributed by atoms with Crippen LogP contribution in [0.15, 0.2) is 60.3 Å². The van der Waals surface area contributed by atoms with E-state index < -0.39 is 23.6 Å². The van der Waals surface area contributed by atoms with Crippen LogP contribution in [0, 0.1) is 0 Å². The number of imide groups is 1. The van der Waals surface area contributed by atoms with Gasteiger partial charge in [-0.2, -0.15) is 13.2 Å². The van der Waals surface area contributed by atoms with Gasteiger partial charge in [0.05, 0.1) is 11.1 Å². The van der Waals surface area contributed by atoms with Crippen LogP contribution < -0.4 is 5.32 Å². The van der Waals surface area contributed by atoms with Crippen molar-refractivity contribution in [3.63, 3.8) is 0 Å². The van der Waals surface area contributed by atoms with Crippen LogP contribution in [0.25, 0.3) is 5.57 Å². The maximum absolute atomic E-state index is 13.1. The first kappa shape index (κ1) is 23.5. The summed E-state index contributed by atoms with van der Waals surface area (Å²) < 4.78 is 44.8. The first-order chi connectivity index (χ1) is 15.3. The summed E-state index contributed by atoms with van der Waals surface area (Å²) >= 11 is 0. The lowest BCUT2D eigenvalue weighted by Gasteiger charge is -2.15. The largest absolute Gasteiger partial charge is 0.416 e. The molecule has 1 aliphatic heterocycles. The van der Waals surface area contributed by atoms with Crippen molar-refractivity contribution in [1.82, 2.24) is 4.90 Å². The predicted molar refractivity (Wildman–Crippen MR) is 115 cm³/mol. The van der Waals surface area contributed by atoms with E-state index in [1.54, 1.807) is 30.3 Å². The van der Waals surface area contributed by atoms with Gasteiger partial charge in [-0.3, -0.25) is 14.5 Å². The lowest BCUT2D eigenvalue weighted by molar-refractivity contribution is -0.138. The Morgan fingerprint density at radius 1 is 0.938 bits per heavy atom. The van der Waals surface area contributed by atoms with Crippen LogP contribution >= 0.6 is 0 Å². The van der Waals surface area contributed by atoms with E-state index in [0.29, 0.717) is 25.2 Å². The van der Waals surface area contributed by atoms with Gasteiger partial charge in [-0.05, 0) is 36.6 Å². The van der Waals surface area contributed by atoms with Crippen molar-refractivity contribution >= 4 is 23.1 Å². The molecule has 170 valence electrons. The van der Waals surface area contributed by atoms with Crippen LogP contribution in [-0.2, 0) is 20.5 Å². The van der Waals surface area contributed by atoms with Gasteiger partial charge >= 0.3 is 6.18 Å². The van der Waals surface area contributed by atoms with Gasteiger partial charge in [0.1, 0.15) is 5.70 Å². The number of nitrogens with one attached hydrogen (secondary N) is 1. The van der Waals surface area contributed by atoms with Crippen LogP contribution in [0.2, 0.25) is 0 Å². The minimum atomic E-state index is -4.52. The zero-order chi connectivity index (χ0) is 23.1. The van der Waals surface area contributed by atoms with Crippen LogP contribution in [0.1, 0.15) is 37.3 Å². The first-order valence-electron chi connectivity index (χ1n) is 10.5. The second kappa shape index (κ2) is 10.5. The van der Waals surface area contributed by atoms with E-state index in [9.17, 15) is 22.8 Å². The molecular weight excluding hydrogens is 421 g/mol. The molecule has 1 N–H and O–H groups in total. The summed E-state index contributed by atoms with van der Waals surface area (Å²) in [6, 6.07) is 13.1. The number of nitrogens with zero attached hydrogens (tertiary/aromatic N) is 1. The van der Waals surface area contributed by atoms with Gasteiger partial charge in [0, 0.05) is 25.4 Å². The highest BCUT2D eigenvalue weighted by Gasteiger charge is 2.39. The van der Waals surface area contributed by atoms with Gasteiger partial charge in [0.25, 0.3) is 11.8 Å². The summed E-state index contributed by atoms with van der Waals surface area (Å²) in [7, 11) is 0. The summed E-state index contributed by atoms with van der Waals surface area (Å²) in [4.78, 5) is 27.3. The number of ether oxygens (including phenoxy) is 1. The second-order valence-electron chi connectivity index (χ2n) is 7.40. The van der Waals surface area contributed by atoms with Crippen LogP contribution in [0.5, 0.6) is 0 Å². The standard InChI is InChI=1S/C24H25F3N2O3/c1-2-3-14-32-15-8-13-29-22(30)20(17-9-5-4-6-10-17)21(23(29)31)28-19-12-7-11-18(16-19)24(25,26)27/h4-7,9-12,16,28H,2-3,8,13-15H2,1H3. The maximum Gasteiger partial charge on any atom is 0.416 e. The Balaban J connectivity index is 1.84. The molecular formula is C24H25F3N2O3. The third-order valence-corrected chi connectivity index (χ3v) is 5.00. The number of alkyl halides is 3. The lowest BCUT2D eigenvalue weighted by atomic mass is 10.0. The molecule has 2 aromatic rings. The van der Waals surface area contributed by atoms with Crippen LogP contribution in [0.3, 0.4) is 0 Å². The maximum atomic E-state index is 13.1. The molecule has 0 radical (unpaired) electrons. The molecule has 3 rings (SSSR count). The third-order valence-electron chi connectivity index (χ3n) is 5.00. The van der Waals surface area contributed by atoms with Gasteiger partial charge in [-0.1, -0.05) is 49.7 Å². The number of hydrogen-bond donors (Lipinski definition) is 1. The molecule has 0 saturated carbocycles. The number of unbranched alkanes of at least 4 members (excludes halogenated alkanes) is 1. The van der Waals surface area contributed by atoms with Gasteiger partial charge in [-0.15, -0.1) is 0 Å². The summed E-state index contributed by atoms with van der Waals surface area (Å²) in [5.41, 5.74) is -0.147. The Bertz CT molecular complexity index is 987. The van der Waals surface area contributed by atoms with Crippen LogP contribution in [0.4, 0.5) is 18.9 Å². The molecule has 5 nitrogen and oxygen atoms in total. The molecule has 0 fully saturated rings. The number of benzene rings is 2. The fraction of sp³-hybridized carbons (Fsp3) is 0.333. The van der Waals surface area contributed by atoms with E-state index >= 15 is 0 Å². The van der Waals surface area contributed by atoms with Crippen molar-refractivity contribution in [1.29, 1.82) is 0 Å². The van der Waals surface area contributed by atoms with Crippen LogP contribution in [-0.4, -0.2) is 36.5 Å². The smallest absolute Gasteiger partial charge is 0.381 e. The van der Waals surface area contributed by atoms with Crippen molar-refractivity contribution in [3.8, 4) is 0 Å². The van der Waals surface area contributed by atoms with Crippen molar-refractivity contribution in [2.45, 2.75) is 32.4 Å². The van der Waals surface area contributed by atoms with Crippen molar-refractivity contribution in [2.75, 3.05) is 25.1 Å². The highest BCUT2D eigenvalue weighted by Crippen LogP contribution is 2.33. The van der Waals surface area contributed by atoms with E-state index in [-0.39, 0.29) is 23.5 Å². The molecule has 2 aromatic carbocycles. The molecule has 0 unspecified atom stereocenters. The average molecular weight is 446 g/mol. The first-order valence-corrected chi connectivity index (χ1v) is 10.5. The number of hydrogen-bond acceptors (Lipinski definition) is 4. The zero-order valence-corrected chi connectivity index (χ0v) is 17.7. The summed E-state index contributed by atoms with van der Waals surface area (Å²) in [6.07, 6.45) is -2.10. The van der Waals surface area contributed by atoms with E-state index in [0.717, 1.165) is 29.9 Å². The Morgan fingerprint density at radius 3 is 2.34 bits per heavy atom. The van der Waals surface area contributed by atoms with E-state index in [2.05, 4.69) is 12.2 Å². The minimum absolute atomic E-state index is 0.0348. The highest BCUT2D eigenvalue weighted by atomic mass is 19.4. The summed E-state index contributed by atoms with van der Waals surface area (Å²) in [6.45, 7) is 3.25. The highest BCUT2D eigenvalue weighted by molar-refractivity contribution is 6.36. The molecule has 32 heavy (non-hydrogen) atoms. The fourth-order valence-corrected chi connectivity index (χ4v) is 3.36. The average Bonchev–Trinajstić information content (AvgIpc) is 3.00. The van der Waals surface area contributed by atoms with Crippen molar-refractivity contribution < 1.29 is 27.5 Å². The molecule has 0 spiro atoms. The Labute approximate surface area is 184 Å². The second-order valence-corrected chi connectivity index (χ2v) is 7.40. The molecule has 2 amide bonds. The number of anilines is 1. The fourth-order valence-electron chi connectivity index (χ4n) is 3.36. The number of amides is 2. The van der Waals surface area contributed by atoms with Crippen molar-refractivity contribution in [2.24, 2.45) is 0 Å². The zero-order valence-electron chi connectivity index (χ0n) is 17.7. The normalized spacial score (nSPS) is 14.4. The number of rotatable bonds is 10. The monoisotopic (exact) mass is 446 g/mol. The Hall–Kier alpha value is -3.13. The molecule has 0 bridgehead atoms. The summed E-state index contributed by atoms with van der Waals surface area (Å²) in [5.74, 6) is -1.05.